The standard InChI is InChI=1S/C30H38FN3O5/c1-5-6-12-24(27(36)28(37)32-20(2)22-10-8-7-9-11-22)33-29(38)39-25-18-34(19-30(25,3)4)26(35)17-21-13-15-23(31)16-14-21/h7-11,13-16,20,24-25H,5-6,12,17-19H2,1-4H3,(H,32,37)(H,33,38)/t20-,24+,25-/m1/s1. The fourth-order valence-electron chi connectivity index (χ4n) is 4.61. The average Bonchev–Trinajstić information content (AvgIpc) is 3.21. The van der Waals surface area contributed by atoms with E-state index in [1.165, 1.54) is 12.1 Å². The second-order valence-electron chi connectivity index (χ2n) is 10.8. The number of rotatable bonds is 11. The van der Waals surface area contributed by atoms with E-state index in [9.17, 15) is 23.6 Å². The van der Waals surface area contributed by atoms with Crippen molar-refractivity contribution in [3.05, 3.63) is 71.5 Å². The predicted octanol–water partition coefficient (Wildman–Crippen LogP) is 4.34. The van der Waals surface area contributed by atoms with Crippen molar-refractivity contribution in [3.8, 4) is 0 Å². The fraction of sp³-hybridized carbons (Fsp3) is 0.467. The zero-order chi connectivity index (χ0) is 28.6. The molecule has 3 amide bonds. The molecule has 1 fully saturated rings. The van der Waals surface area contributed by atoms with Crippen LogP contribution in [0.5, 0.6) is 0 Å². The molecular weight excluding hydrogens is 501 g/mol. The number of unbranched alkanes of at least 4 members (excludes halogenated alkanes) is 1. The number of ketones is 1. The molecular formula is C30H38FN3O5. The van der Waals surface area contributed by atoms with Gasteiger partial charge >= 0.3 is 6.09 Å². The first-order valence-electron chi connectivity index (χ1n) is 13.4. The number of benzene rings is 2. The topological polar surface area (TPSA) is 105 Å². The van der Waals surface area contributed by atoms with Gasteiger partial charge in [-0.05, 0) is 36.6 Å². The normalized spacial score (nSPS) is 17.7. The minimum atomic E-state index is -1.03. The van der Waals surface area contributed by atoms with Gasteiger partial charge in [-0.3, -0.25) is 14.4 Å². The van der Waals surface area contributed by atoms with Crippen LogP contribution in [0.2, 0.25) is 0 Å². The van der Waals surface area contributed by atoms with Crippen LogP contribution in [0, 0.1) is 11.2 Å². The molecule has 1 heterocycles. The molecule has 3 rings (SSSR count). The highest BCUT2D eigenvalue weighted by atomic mass is 19.1. The SMILES string of the molecule is CCCC[C@H](NC(=O)O[C@@H]1CN(C(=O)Cc2ccc(F)cc2)CC1(C)C)C(=O)C(=O)N[C@H](C)c1ccccc1. The van der Waals surface area contributed by atoms with Gasteiger partial charge in [0.1, 0.15) is 18.0 Å². The zero-order valence-electron chi connectivity index (χ0n) is 23.0. The van der Waals surface area contributed by atoms with Crippen LogP contribution in [0.15, 0.2) is 54.6 Å². The summed E-state index contributed by atoms with van der Waals surface area (Å²) in [5.74, 6) is -2.02. The molecule has 9 heteroatoms. The monoisotopic (exact) mass is 539 g/mol. The van der Waals surface area contributed by atoms with E-state index in [0.29, 0.717) is 24.9 Å². The van der Waals surface area contributed by atoms with Gasteiger partial charge in [0.15, 0.2) is 0 Å². The number of alkyl carbamates (subject to hydrolysis) is 1. The van der Waals surface area contributed by atoms with Crippen LogP contribution in [0.3, 0.4) is 0 Å². The van der Waals surface area contributed by atoms with Crippen molar-refractivity contribution >= 4 is 23.7 Å². The van der Waals surface area contributed by atoms with Gasteiger partial charge in [0.2, 0.25) is 11.7 Å². The van der Waals surface area contributed by atoms with E-state index in [4.69, 9.17) is 4.74 Å². The van der Waals surface area contributed by atoms with Gasteiger partial charge in [-0.1, -0.05) is 76.1 Å². The molecule has 1 saturated heterocycles. The van der Waals surface area contributed by atoms with Crippen LogP contribution in [0.4, 0.5) is 9.18 Å². The number of amides is 3. The highest BCUT2D eigenvalue weighted by Crippen LogP contribution is 2.32. The molecule has 1 aliphatic heterocycles. The Morgan fingerprint density at radius 3 is 2.36 bits per heavy atom. The maximum Gasteiger partial charge on any atom is 0.408 e. The van der Waals surface area contributed by atoms with Crippen LogP contribution in [0.1, 0.15) is 64.1 Å². The van der Waals surface area contributed by atoms with E-state index in [1.807, 2.05) is 51.1 Å². The predicted molar refractivity (Wildman–Crippen MR) is 145 cm³/mol. The minimum absolute atomic E-state index is 0.111. The van der Waals surface area contributed by atoms with Gasteiger partial charge in [-0.25, -0.2) is 9.18 Å². The number of Topliss-reactive ketones (excluding diaryl/α,β-unsaturated/α-hetero) is 1. The lowest BCUT2D eigenvalue weighted by molar-refractivity contribution is -0.139. The lowest BCUT2D eigenvalue weighted by Crippen LogP contribution is -2.49. The zero-order valence-corrected chi connectivity index (χ0v) is 23.0. The first-order chi connectivity index (χ1) is 18.5. The Morgan fingerprint density at radius 1 is 1.05 bits per heavy atom. The van der Waals surface area contributed by atoms with E-state index < -0.39 is 35.3 Å². The molecule has 1 aliphatic rings. The summed E-state index contributed by atoms with van der Waals surface area (Å²) in [7, 11) is 0. The molecule has 210 valence electrons. The molecule has 2 N–H and O–H groups in total. The van der Waals surface area contributed by atoms with Gasteiger partial charge < -0.3 is 20.3 Å². The Morgan fingerprint density at radius 2 is 1.72 bits per heavy atom. The van der Waals surface area contributed by atoms with Crippen molar-refractivity contribution in [1.29, 1.82) is 0 Å². The van der Waals surface area contributed by atoms with Crippen LogP contribution >= 0.6 is 0 Å². The summed E-state index contributed by atoms with van der Waals surface area (Å²) in [4.78, 5) is 53.1. The van der Waals surface area contributed by atoms with Gasteiger partial charge in [0, 0.05) is 12.0 Å². The molecule has 0 bridgehead atoms. The maximum atomic E-state index is 13.2. The first kappa shape index (κ1) is 29.8. The van der Waals surface area contributed by atoms with Crippen LogP contribution in [0.25, 0.3) is 0 Å². The van der Waals surface area contributed by atoms with Crippen molar-refractivity contribution < 1.29 is 28.3 Å². The Balaban J connectivity index is 1.59. The van der Waals surface area contributed by atoms with E-state index >= 15 is 0 Å². The molecule has 0 radical (unpaired) electrons. The Kier molecular flexibility index (Phi) is 10.2. The number of carbonyl (C=O) groups is 4. The number of ether oxygens (including phenoxy) is 1. The number of carbonyl (C=O) groups excluding carboxylic acids is 4. The van der Waals surface area contributed by atoms with Crippen molar-refractivity contribution in [2.24, 2.45) is 5.41 Å². The van der Waals surface area contributed by atoms with Crippen LogP contribution in [-0.2, 0) is 25.5 Å². The summed E-state index contributed by atoms with van der Waals surface area (Å²) in [6.07, 6.45) is 0.415. The first-order valence-corrected chi connectivity index (χ1v) is 13.4. The molecule has 0 aromatic heterocycles. The van der Waals surface area contributed by atoms with Gasteiger partial charge in [0.05, 0.1) is 19.0 Å². The lowest BCUT2D eigenvalue weighted by atomic mass is 9.90. The van der Waals surface area contributed by atoms with Crippen LogP contribution in [-0.4, -0.2) is 53.8 Å². The Bertz CT molecular complexity index is 1150. The lowest BCUT2D eigenvalue weighted by Gasteiger charge is -2.26. The van der Waals surface area contributed by atoms with E-state index in [0.717, 1.165) is 12.0 Å². The second kappa shape index (κ2) is 13.4. The highest BCUT2D eigenvalue weighted by molar-refractivity contribution is 6.38. The number of hydrogen-bond acceptors (Lipinski definition) is 5. The summed E-state index contributed by atoms with van der Waals surface area (Å²) in [6.45, 7) is 8.11. The second-order valence-corrected chi connectivity index (χ2v) is 10.8. The van der Waals surface area contributed by atoms with Crippen LogP contribution < -0.4 is 10.6 Å². The maximum absolute atomic E-state index is 13.2. The number of likely N-dealkylation sites (tertiary alicyclic amines) is 1. The molecule has 2 aromatic rings. The number of nitrogens with zero attached hydrogens (tertiary/aromatic N) is 1. The molecule has 39 heavy (non-hydrogen) atoms. The van der Waals surface area contributed by atoms with Crippen molar-refractivity contribution in [3.63, 3.8) is 0 Å². The van der Waals surface area contributed by atoms with Gasteiger partial charge in [-0.2, -0.15) is 0 Å². The molecule has 0 aliphatic carbocycles. The van der Waals surface area contributed by atoms with Gasteiger partial charge in [0.25, 0.3) is 5.91 Å². The van der Waals surface area contributed by atoms with E-state index in [2.05, 4.69) is 10.6 Å². The minimum Gasteiger partial charge on any atom is -0.444 e. The average molecular weight is 540 g/mol. The summed E-state index contributed by atoms with van der Waals surface area (Å²) in [5.41, 5.74) is 1.03. The summed E-state index contributed by atoms with van der Waals surface area (Å²) in [6, 6.07) is 13.6. The molecule has 0 saturated carbocycles. The molecule has 2 aromatic carbocycles. The quantitative estimate of drug-likeness (QED) is 0.414. The summed E-state index contributed by atoms with van der Waals surface area (Å²) in [5, 5.41) is 5.30. The Hall–Kier alpha value is -3.75. The molecule has 8 nitrogen and oxygen atoms in total. The third kappa shape index (κ3) is 8.37. The fourth-order valence-corrected chi connectivity index (χ4v) is 4.61. The number of halogens is 1. The van der Waals surface area contributed by atoms with Crippen molar-refractivity contribution in [2.45, 2.75) is 71.6 Å². The summed E-state index contributed by atoms with van der Waals surface area (Å²) < 4.78 is 18.9. The number of hydrogen-bond donors (Lipinski definition) is 2. The largest absolute Gasteiger partial charge is 0.444 e. The third-order valence-corrected chi connectivity index (χ3v) is 7.05. The van der Waals surface area contributed by atoms with Gasteiger partial charge in [-0.15, -0.1) is 0 Å². The smallest absolute Gasteiger partial charge is 0.408 e. The highest BCUT2D eigenvalue weighted by Gasteiger charge is 2.44. The third-order valence-electron chi connectivity index (χ3n) is 7.05. The molecule has 0 spiro atoms. The van der Waals surface area contributed by atoms with Crippen molar-refractivity contribution in [1.82, 2.24) is 15.5 Å². The molecule has 3 atom stereocenters. The number of nitrogens with one attached hydrogen (secondary N) is 2. The molecule has 0 unspecified atom stereocenters. The van der Waals surface area contributed by atoms with E-state index in [-0.39, 0.29) is 30.7 Å². The Labute approximate surface area is 229 Å². The van der Waals surface area contributed by atoms with E-state index in [1.54, 1.807) is 24.0 Å². The summed E-state index contributed by atoms with van der Waals surface area (Å²) >= 11 is 0. The van der Waals surface area contributed by atoms with Crippen molar-refractivity contribution in [2.75, 3.05) is 13.1 Å².